The maximum atomic E-state index is 11.2. The number of anilines is 1. The lowest BCUT2D eigenvalue weighted by atomic mass is 9.91. The van der Waals surface area contributed by atoms with E-state index in [2.05, 4.69) is 5.32 Å². The summed E-state index contributed by atoms with van der Waals surface area (Å²) < 4.78 is 0. The molecule has 0 bridgehead atoms. The van der Waals surface area contributed by atoms with Crippen molar-refractivity contribution in [3.63, 3.8) is 0 Å². The Kier molecular flexibility index (Phi) is 2.25. The molecule has 0 saturated carbocycles. The lowest BCUT2D eigenvalue weighted by Gasteiger charge is -2.23. The number of nitrogens with one attached hydrogen (secondary N) is 1. The van der Waals surface area contributed by atoms with E-state index in [1.807, 2.05) is 25.1 Å². The molecule has 0 aromatic heterocycles. The Bertz CT molecular complexity index is 412. The molecule has 1 amide bonds. The van der Waals surface area contributed by atoms with Gasteiger partial charge < -0.3 is 16.8 Å². The molecule has 0 radical (unpaired) electrons. The molecule has 4 nitrogen and oxygen atoms in total. The molecule has 2 rings (SSSR count). The summed E-state index contributed by atoms with van der Waals surface area (Å²) >= 11 is 0. The van der Waals surface area contributed by atoms with Crippen molar-refractivity contribution in [3.8, 4) is 0 Å². The van der Waals surface area contributed by atoms with E-state index in [1.54, 1.807) is 0 Å². The van der Waals surface area contributed by atoms with Crippen LogP contribution in [0.5, 0.6) is 0 Å². The first kappa shape index (κ1) is 10.1. The van der Waals surface area contributed by atoms with Crippen LogP contribution in [0.25, 0.3) is 0 Å². The maximum absolute atomic E-state index is 11.2. The first-order valence-corrected chi connectivity index (χ1v) is 4.95. The molecule has 0 aliphatic carbocycles. The van der Waals surface area contributed by atoms with Crippen LogP contribution in [0, 0.1) is 0 Å². The number of hydrogen-bond donors (Lipinski definition) is 3. The summed E-state index contributed by atoms with van der Waals surface area (Å²) in [6.07, 6.45) is 0.434. The van der Waals surface area contributed by atoms with Gasteiger partial charge in [0.25, 0.3) is 0 Å². The second kappa shape index (κ2) is 3.32. The van der Waals surface area contributed by atoms with Crippen LogP contribution in [0.1, 0.15) is 18.1 Å². The smallest absolute Gasteiger partial charge is 0.228 e. The van der Waals surface area contributed by atoms with Crippen LogP contribution in [0.2, 0.25) is 0 Å². The second-order valence-corrected chi connectivity index (χ2v) is 4.22. The highest BCUT2D eigenvalue weighted by Gasteiger charge is 2.23. The van der Waals surface area contributed by atoms with Crippen molar-refractivity contribution in [2.75, 3.05) is 11.9 Å². The number of hydrogen-bond acceptors (Lipinski definition) is 3. The Morgan fingerprint density at radius 1 is 1.53 bits per heavy atom. The zero-order valence-electron chi connectivity index (χ0n) is 8.71. The molecule has 15 heavy (non-hydrogen) atoms. The molecule has 0 spiro atoms. The fourth-order valence-corrected chi connectivity index (χ4v) is 1.70. The minimum absolute atomic E-state index is 0.0358. The van der Waals surface area contributed by atoms with Gasteiger partial charge in [-0.3, -0.25) is 4.79 Å². The van der Waals surface area contributed by atoms with Gasteiger partial charge in [0.1, 0.15) is 0 Å². The molecule has 1 aromatic carbocycles. The molecule has 1 atom stereocenters. The van der Waals surface area contributed by atoms with E-state index in [-0.39, 0.29) is 5.91 Å². The highest BCUT2D eigenvalue weighted by atomic mass is 16.1. The van der Waals surface area contributed by atoms with Gasteiger partial charge >= 0.3 is 0 Å². The topological polar surface area (TPSA) is 81.1 Å². The van der Waals surface area contributed by atoms with Crippen LogP contribution < -0.4 is 16.8 Å². The molecule has 80 valence electrons. The largest absolute Gasteiger partial charge is 0.328 e. The Balaban J connectivity index is 2.39. The molecular weight excluding hydrogens is 190 g/mol. The van der Waals surface area contributed by atoms with E-state index < -0.39 is 5.54 Å². The third-order valence-corrected chi connectivity index (χ3v) is 2.81. The third-order valence-electron chi connectivity index (χ3n) is 2.81. The standard InChI is InChI=1S/C11H15N3O/c1-11(13,6-12)8-2-3-9-7(4-8)5-10(15)14-9/h2-4H,5-6,12-13H2,1H3,(H,14,15). The van der Waals surface area contributed by atoms with E-state index in [0.717, 1.165) is 16.8 Å². The van der Waals surface area contributed by atoms with Crippen LogP contribution in [0.4, 0.5) is 5.69 Å². The highest BCUT2D eigenvalue weighted by molar-refractivity contribution is 5.99. The van der Waals surface area contributed by atoms with E-state index in [4.69, 9.17) is 11.5 Å². The van der Waals surface area contributed by atoms with Gasteiger partial charge in [-0.1, -0.05) is 12.1 Å². The minimum Gasteiger partial charge on any atom is -0.328 e. The molecule has 0 saturated heterocycles. The summed E-state index contributed by atoms with van der Waals surface area (Å²) in [4.78, 5) is 11.2. The summed E-state index contributed by atoms with van der Waals surface area (Å²) in [6, 6.07) is 5.76. The molecule has 1 aliphatic heterocycles. The number of fused-ring (bicyclic) bond motifs is 1. The van der Waals surface area contributed by atoms with Crippen LogP contribution in [0.15, 0.2) is 18.2 Å². The quantitative estimate of drug-likeness (QED) is 0.650. The monoisotopic (exact) mass is 205 g/mol. The molecule has 1 aromatic rings. The fourth-order valence-electron chi connectivity index (χ4n) is 1.70. The molecule has 5 N–H and O–H groups in total. The normalized spacial score (nSPS) is 18.2. The van der Waals surface area contributed by atoms with Crippen molar-refractivity contribution in [2.24, 2.45) is 11.5 Å². The molecular formula is C11H15N3O. The molecule has 1 heterocycles. The van der Waals surface area contributed by atoms with Gasteiger partial charge in [-0.15, -0.1) is 0 Å². The van der Waals surface area contributed by atoms with Crippen molar-refractivity contribution in [1.82, 2.24) is 0 Å². The lowest BCUT2D eigenvalue weighted by Crippen LogP contribution is -2.40. The summed E-state index contributed by atoms with van der Waals surface area (Å²) in [5.41, 5.74) is 14.0. The number of rotatable bonds is 2. The van der Waals surface area contributed by atoms with Crippen LogP contribution in [0.3, 0.4) is 0 Å². The first-order chi connectivity index (χ1) is 7.03. The molecule has 1 aliphatic rings. The average molecular weight is 205 g/mol. The lowest BCUT2D eigenvalue weighted by molar-refractivity contribution is -0.115. The number of amides is 1. The van der Waals surface area contributed by atoms with Crippen molar-refractivity contribution in [1.29, 1.82) is 0 Å². The van der Waals surface area contributed by atoms with E-state index in [0.29, 0.717) is 13.0 Å². The SMILES string of the molecule is CC(N)(CN)c1ccc2c(c1)CC(=O)N2. The Morgan fingerprint density at radius 3 is 2.93 bits per heavy atom. The Hall–Kier alpha value is -1.39. The highest BCUT2D eigenvalue weighted by Crippen LogP contribution is 2.27. The van der Waals surface area contributed by atoms with Crippen LogP contribution in [-0.4, -0.2) is 12.5 Å². The van der Waals surface area contributed by atoms with Crippen molar-refractivity contribution in [3.05, 3.63) is 29.3 Å². The van der Waals surface area contributed by atoms with Gasteiger partial charge in [0.15, 0.2) is 0 Å². The zero-order chi connectivity index (χ0) is 11.1. The Labute approximate surface area is 88.6 Å². The molecule has 4 heteroatoms. The zero-order valence-corrected chi connectivity index (χ0v) is 8.71. The van der Waals surface area contributed by atoms with Crippen LogP contribution >= 0.6 is 0 Å². The third kappa shape index (κ3) is 1.73. The molecule has 1 unspecified atom stereocenters. The van der Waals surface area contributed by atoms with Crippen LogP contribution in [-0.2, 0) is 16.8 Å². The average Bonchev–Trinajstić information content (AvgIpc) is 2.56. The number of benzene rings is 1. The van der Waals surface area contributed by atoms with E-state index in [9.17, 15) is 4.79 Å². The molecule has 0 fully saturated rings. The van der Waals surface area contributed by atoms with E-state index >= 15 is 0 Å². The predicted octanol–water partition coefficient (Wildman–Crippen LogP) is 0.314. The fraction of sp³-hybridized carbons (Fsp3) is 0.364. The summed E-state index contributed by atoms with van der Waals surface area (Å²) in [6.45, 7) is 2.27. The number of nitrogens with two attached hydrogens (primary N) is 2. The van der Waals surface area contributed by atoms with Gasteiger partial charge in [-0.2, -0.15) is 0 Å². The van der Waals surface area contributed by atoms with Gasteiger partial charge in [-0.05, 0) is 24.1 Å². The van der Waals surface area contributed by atoms with Gasteiger partial charge in [0, 0.05) is 12.2 Å². The Morgan fingerprint density at radius 2 is 2.27 bits per heavy atom. The summed E-state index contributed by atoms with van der Waals surface area (Å²) in [7, 11) is 0. The number of carbonyl (C=O) groups is 1. The van der Waals surface area contributed by atoms with Crippen molar-refractivity contribution >= 4 is 11.6 Å². The maximum Gasteiger partial charge on any atom is 0.228 e. The van der Waals surface area contributed by atoms with E-state index in [1.165, 1.54) is 0 Å². The van der Waals surface area contributed by atoms with Gasteiger partial charge in [-0.25, -0.2) is 0 Å². The van der Waals surface area contributed by atoms with Crippen molar-refractivity contribution < 1.29 is 4.79 Å². The van der Waals surface area contributed by atoms with Gasteiger partial charge in [0.05, 0.1) is 12.0 Å². The first-order valence-electron chi connectivity index (χ1n) is 4.95. The number of carbonyl (C=O) groups excluding carboxylic acids is 1. The van der Waals surface area contributed by atoms with Crippen molar-refractivity contribution in [2.45, 2.75) is 18.9 Å². The van der Waals surface area contributed by atoms with Gasteiger partial charge in [0.2, 0.25) is 5.91 Å². The minimum atomic E-state index is -0.527. The second-order valence-electron chi connectivity index (χ2n) is 4.22. The predicted molar refractivity (Wildman–Crippen MR) is 59.4 cm³/mol. The summed E-state index contributed by atoms with van der Waals surface area (Å²) in [5.74, 6) is 0.0358. The summed E-state index contributed by atoms with van der Waals surface area (Å²) in [5, 5.41) is 2.78.